The molecule has 2 N–H and O–H groups in total. The molecular formula is C23H18FN3O3. The third kappa shape index (κ3) is 3.77. The van der Waals surface area contributed by atoms with Crippen LogP contribution in [0.2, 0.25) is 0 Å². The van der Waals surface area contributed by atoms with Crippen LogP contribution in [-0.4, -0.2) is 28.1 Å². The molecule has 2 heterocycles. The second-order valence-corrected chi connectivity index (χ2v) is 6.59. The minimum Gasteiger partial charge on any atom is -0.504 e. The van der Waals surface area contributed by atoms with Gasteiger partial charge in [0.2, 0.25) is 0 Å². The van der Waals surface area contributed by atoms with Gasteiger partial charge in [0.25, 0.3) is 5.91 Å². The summed E-state index contributed by atoms with van der Waals surface area (Å²) < 4.78 is 18.3. The lowest BCUT2D eigenvalue weighted by Gasteiger charge is -2.12. The second kappa shape index (κ2) is 8.16. The van der Waals surface area contributed by atoms with Gasteiger partial charge in [-0.3, -0.25) is 9.78 Å². The smallest absolute Gasteiger partial charge is 0.274 e. The van der Waals surface area contributed by atoms with E-state index in [0.717, 1.165) is 11.1 Å². The first-order chi connectivity index (χ1) is 14.6. The number of ether oxygens (including phenoxy) is 1. The van der Waals surface area contributed by atoms with Crippen molar-refractivity contribution in [1.82, 2.24) is 15.3 Å². The third-order valence-electron chi connectivity index (χ3n) is 4.68. The molecule has 0 radical (unpaired) electrons. The highest BCUT2D eigenvalue weighted by molar-refractivity contribution is 6.04. The Kier molecular flexibility index (Phi) is 5.26. The van der Waals surface area contributed by atoms with Crippen LogP contribution >= 0.6 is 0 Å². The van der Waals surface area contributed by atoms with Crippen LogP contribution in [0, 0.1) is 5.82 Å². The molecule has 0 fully saturated rings. The maximum absolute atomic E-state index is 13.1. The molecular weight excluding hydrogens is 385 g/mol. The van der Waals surface area contributed by atoms with Gasteiger partial charge in [-0.2, -0.15) is 0 Å². The molecule has 6 nitrogen and oxygen atoms in total. The fraction of sp³-hybridized carbons (Fsp3) is 0.0870. The highest BCUT2D eigenvalue weighted by Gasteiger charge is 2.20. The van der Waals surface area contributed by atoms with Crippen LogP contribution < -0.4 is 10.1 Å². The topological polar surface area (TPSA) is 84.3 Å². The van der Waals surface area contributed by atoms with Crippen LogP contribution in [0.15, 0.2) is 66.9 Å². The Balaban J connectivity index is 1.72. The van der Waals surface area contributed by atoms with Crippen LogP contribution in [0.1, 0.15) is 16.1 Å². The first-order valence-corrected chi connectivity index (χ1v) is 9.21. The predicted molar refractivity (Wildman–Crippen MR) is 111 cm³/mol. The minimum absolute atomic E-state index is 0.130. The third-order valence-corrected chi connectivity index (χ3v) is 4.68. The number of nitrogens with zero attached hydrogens (tertiary/aromatic N) is 2. The number of aromatic hydroxyl groups is 1. The highest BCUT2D eigenvalue weighted by Crippen LogP contribution is 2.33. The van der Waals surface area contributed by atoms with Crippen molar-refractivity contribution in [2.45, 2.75) is 6.54 Å². The number of pyridine rings is 2. The van der Waals surface area contributed by atoms with E-state index in [0.29, 0.717) is 16.8 Å². The molecule has 30 heavy (non-hydrogen) atoms. The number of methoxy groups -OCH3 is 1. The van der Waals surface area contributed by atoms with Gasteiger partial charge in [0.05, 0.1) is 12.8 Å². The van der Waals surface area contributed by atoms with E-state index in [4.69, 9.17) is 4.74 Å². The number of fused-ring (bicyclic) bond motifs is 1. The number of benzene rings is 2. The number of nitrogens with one attached hydrogen (secondary N) is 1. The zero-order valence-corrected chi connectivity index (χ0v) is 16.1. The Morgan fingerprint density at radius 3 is 2.53 bits per heavy atom. The van der Waals surface area contributed by atoms with Crippen molar-refractivity contribution in [2.24, 2.45) is 0 Å². The molecule has 0 aliphatic carbocycles. The predicted octanol–water partition coefficient (Wildman–Crippen LogP) is 4.08. The molecule has 1 amide bonds. The second-order valence-electron chi connectivity index (χ2n) is 6.59. The van der Waals surface area contributed by atoms with Gasteiger partial charge in [-0.15, -0.1) is 0 Å². The van der Waals surface area contributed by atoms with Crippen molar-refractivity contribution >= 4 is 16.8 Å². The Hall–Kier alpha value is -4.00. The van der Waals surface area contributed by atoms with E-state index in [9.17, 15) is 14.3 Å². The molecule has 7 heteroatoms. The van der Waals surface area contributed by atoms with Crippen LogP contribution in [0.25, 0.3) is 22.2 Å². The molecule has 4 aromatic rings. The van der Waals surface area contributed by atoms with Crippen molar-refractivity contribution in [1.29, 1.82) is 0 Å². The maximum atomic E-state index is 13.1. The van der Waals surface area contributed by atoms with Gasteiger partial charge in [0, 0.05) is 23.7 Å². The molecule has 2 aromatic carbocycles. The summed E-state index contributed by atoms with van der Waals surface area (Å²) in [7, 11) is 1.58. The zero-order valence-electron chi connectivity index (χ0n) is 16.1. The number of aromatic nitrogens is 2. The highest BCUT2D eigenvalue weighted by atomic mass is 19.1. The average Bonchev–Trinajstić information content (AvgIpc) is 2.79. The quantitative estimate of drug-likeness (QED) is 0.525. The summed E-state index contributed by atoms with van der Waals surface area (Å²) in [6.45, 7) is 0.165. The Morgan fingerprint density at radius 1 is 1.10 bits per heavy atom. The molecule has 0 spiro atoms. The number of hydrogen-bond donors (Lipinski definition) is 2. The molecule has 0 bridgehead atoms. The summed E-state index contributed by atoms with van der Waals surface area (Å²) in [6, 6.07) is 16.6. The standard InChI is InChI=1S/C23H18FN3O3/c1-30-17-10-6-15(7-11-17)19-18-3-2-12-25-20(18)22(28)21(27-19)23(29)26-13-14-4-8-16(24)9-5-14/h2-12,28H,13H2,1H3,(H,26,29). The minimum atomic E-state index is -0.556. The summed E-state index contributed by atoms with van der Waals surface area (Å²) >= 11 is 0. The van der Waals surface area contributed by atoms with Crippen LogP contribution in [0.5, 0.6) is 11.5 Å². The fourth-order valence-electron chi connectivity index (χ4n) is 3.12. The summed E-state index contributed by atoms with van der Waals surface area (Å²) in [5.41, 5.74) is 2.14. The molecule has 0 unspecified atom stereocenters. The van der Waals surface area contributed by atoms with Crippen molar-refractivity contribution in [3.63, 3.8) is 0 Å². The van der Waals surface area contributed by atoms with Crippen LogP contribution in [0.3, 0.4) is 0 Å². The molecule has 0 aliphatic heterocycles. The fourth-order valence-corrected chi connectivity index (χ4v) is 3.12. The summed E-state index contributed by atoms with van der Waals surface area (Å²) in [5, 5.41) is 14.0. The van der Waals surface area contributed by atoms with Gasteiger partial charge in [-0.25, -0.2) is 9.37 Å². The van der Waals surface area contributed by atoms with Crippen molar-refractivity contribution in [3.8, 4) is 22.8 Å². The SMILES string of the molecule is COc1ccc(-c2nc(C(=O)NCc3ccc(F)cc3)c(O)c3ncccc23)cc1. The lowest BCUT2D eigenvalue weighted by Crippen LogP contribution is -2.24. The van der Waals surface area contributed by atoms with Crippen LogP contribution in [-0.2, 0) is 6.54 Å². The molecule has 0 saturated heterocycles. The van der Waals surface area contributed by atoms with Gasteiger partial charge in [0.15, 0.2) is 11.4 Å². The van der Waals surface area contributed by atoms with Crippen molar-refractivity contribution in [3.05, 3.63) is 83.9 Å². The van der Waals surface area contributed by atoms with E-state index in [1.165, 1.54) is 12.1 Å². The van der Waals surface area contributed by atoms with Crippen LogP contribution in [0.4, 0.5) is 4.39 Å². The average molecular weight is 403 g/mol. The van der Waals surface area contributed by atoms with E-state index in [-0.39, 0.29) is 29.3 Å². The molecule has 0 atom stereocenters. The lowest BCUT2D eigenvalue weighted by atomic mass is 10.0. The number of halogens is 1. The summed E-state index contributed by atoms with van der Waals surface area (Å²) in [5.74, 6) is -0.509. The largest absolute Gasteiger partial charge is 0.504 e. The van der Waals surface area contributed by atoms with Crippen molar-refractivity contribution < 1.29 is 19.0 Å². The van der Waals surface area contributed by atoms with Crippen molar-refractivity contribution in [2.75, 3.05) is 7.11 Å². The normalized spacial score (nSPS) is 10.7. The van der Waals surface area contributed by atoms with Gasteiger partial charge in [-0.1, -0.05) is 12.1 Å². The number of carbonyl (C=O) groups excluding carboxylic acids is 1. The van der Waals surface area contributed by atoms with Gasteiger partial charge in [0.1, 0.15) is 17.1 Å². The first kappa shape index (κ1) is 19.3. The Labute approximate surface area is 172 Å². The number of rotatable bonds is 5. The molecule has 2 aromatic heterocycles. The zero-order chi connectivity index (χ0) is 21.1. The molecule has 0 aliphatic rings. The monoisotopic (exact) mass is 403 g/mol. The van der Waals surface area contributed by atoms with E-state index >= 15 is 0 Å². The van der Waals surface area contributed by atoms with E-state index < -0.39 is 5.91 Å². The molecule has 4 rings (SSSR count). The van der Waals surface area contributed by atoms with Gasteiger partial charge >= 0.3 is 0 Å². The number of hydrogen-bond acceptors (Lipinski definition) is 5. The molecule has 150 valence electrons. The van der Waals surface area contributed by atoms with E-state index in [1.807, 2.05) is 12.1 Å². The summed E-state index contributed by atoms with van der Waals surface area (Å²) in [6.07, 6.45) is 1.54. The lowest BCUT2D eigenvalue weighted by molar-refractivity contribution is 0.0943. The van der Waals surface area contributed by atoms with E-state index in [1.54, 1.807) is 49.7 Å². The molecule has 0 saturated carbocycles. The van der Waals surface area contributed by atoms with E-state index in [2.05, 4.69) is 15.3 Å². The van der Waals surface area contributed by atoms with Gasteiger partial charge in [-0.05, 0) is 54.1 Å². The van der Waals surface area contributed by atoms with Gasteiger partial charge < -0.3 is 15.2 Å². The first-order valence-electron chi connectivity index (χ1n) is 9.21. The number of amides is 1. The summed E-state index contributed by atoms with van der Waals surface area (Å²) in [4.78, 5) is 21.5. The maximum Gasteiger partial charge on any atom is 0.274 e. The Bertz CT molecular complexity index is 1210. The number of carbonyl (C=O) groups is 1. The Morgan fingerprint density at radius 2 is 1.83 bits per heavy atom.